The number of pyridine rings is 1. The molecule has 1 aromatic heterocycles. The number of nitrogens with zero attached hydrogens (tertiary/aromatic N) is 1. The lowest BCUT2D eigenvalue weighted by molar-refractivity contribution is -0.136. The van der Waals surface area contributed by atoms with Gasteiger partial charge in [-0.2, -0.15) is 0 Å². The topological polar surface area (TPSA) is 88.5 Å². The lowest BCUT2D eigenvalue weighted by Gasteiger charge is -2.06. The van der Waals surface area contributed by atoms with Gasteiger partial charge < -0.3 is 9.84 Å². The fraction of sp³-hybridized carbons (Fsp3) is 0.250. The molecule has 0 saturated heterocycles. The molecule has 0 saturated carbocycles. The number of rotatable bonds is 6. The van der Waals surface area contributed by atoms with Crippen molar-refractivity contribution in [3.8, 4) is 0 Å². The second kappa shape index (κ2) is 7.05. The average Bonchev–Trinajstić information content (AvgIpc) is 2.34. The van der Waals surface area contributed by atoms with Gasteiger partial charge in [-0.1, -0.05) is 12.7 Å². The molecule has 0 aliphatic carbocycles. The van der Waals surface area contributed by atoms with E-state index < -0.39 is 12.1 Å². The highest BCUT2D eigenvalue weighted by Crippen LogP contribution is 2.10. The third kappa shape index (κ3) is 5.11. The number of anilines is 1. The number of aryl methyl sites for hydroxylation is 1. The number of aromatic nitrogens is 1. The highest BCUT2D eigenvalue weighted by atomic mass is 16.5. The number of aliphatic carboxylic acids is 1. The van der Waals surface area contributed by atoms with Crippen molar-refractivity contribution in [1.29, 1.82) is 0 Å². The first-order valence-corrected chi connectivity index (χ1v) is 5.32. The van der Waals surface area contributed by atoms with Crippen molar-refractivity contribution in [3.05, 3.63) is 36.7 Å². The summed E-state index contributed by atoms with van der Waals surface area (Å²) in [5.41, 5.74) is 1.20. The summed E-state index contributed by atoms with van der Waals surface area (Å²) in [5, 5.41) is 11.1. The molecule has 0 radical (unpaired) electrons. The van der Waals surface area contributed by atoms with E-state index in [1.807, 2.05) is 0 Å². The second-order valence-corrected chi connectivity index (χ2v) is 3.49. The van der Waals surface area contributed by atoms with Crippen LogP contribution in [0.5, 0.6) is 0 Å². The SMILES string of the molecule is C=CCOC(=O)Nc1cncc(CCC(=O)O)c1. The van der Waals surface area contributed by atoms with E-state index in [-0.39, 0.29) is 13.0 Å². The summed E-state index contributed by atoms with van der Waals surface area (Å²) in [4.78, 5) is 25.6. The van der Waals surface area contributed by atoms with Gasteiger partial charge in [-0.25, -0.2) is 4.79 Å². The minimum Gasteiger partial charge on any atom is -0.481 e. The molecule has 0 aromatic carbocycles. The van der Waals surface area contributed by atoms with Crippen LogP contribution < -0.4 is 5.32 Å². The Hall–Kier alpha value is -2.37. The van der Waals surface area contributed by atoms with Gasteiger partial charge in [-0.15, -0.1) is 0 Å². The zero-order valence-electron chi connectivity index (χ0n) is 9.76. The van der Waals surface area contributed by atoms with E-state index in [0.717, 1.165) is 5.56 Å². The van der Waals surface area contributed by atoms with Gasteiger partial charge in [-0.3, -0.25) is 15.1 Å². The van der Waals surface area contributed by atoms with Crippen LogP contribution in [0, 0.1) is 0 Å². The first-order chi connectivity index (χ1) is 8.61. The third-order valence-corrected chi connectivity index (χ3v) is 2.00. The van der Waals surface area contributed by atoms with Crippen molar-refractivity contribution < 1.29 is 19.4 Å². The molecular weight excluding hydrogens is 236 g/mol. The number of hydrogen-bond donors (Lipinski definition) is 2. The summed E-state index contributed by atoms with van der Waals surface area (Å²) in [5.74, 6) is -0.876. The third-order valence-electron chi connectivity index (χ3n) is 2.00. The van der Waals surface area contributed by atoms with Crippen LogP contribution in [-0.4, -0.2) is 28.8 Å². The number of carboxylic acids is 1. The van der Waals surface area contributed by atoms with Crippen LogP contribution in [0.15, 0.2) is 31.1 Å². The van der Waals surface area contributed by atoms with Gasteiger partial charge in [0.2, 0.25) is 0 Å². The Balaban J connectivity index is 2.55. The Labute approximate surface area is 104 Å². The normalized spacial score (nSPS) is 9.56. The van der Waals surface area contributed by atoms with Crippen molar-refractivity contribution in [2.75, 3.05) is 11.9 Å². The predicted octanol–water partition coefficient (Wildman–Crippen LogP) is 1.83. The highest BCUT2D eigenvalue weighted by Gasteiger charge is 2.04. The van der Waals surface area contributed by atoms with Crippen molar-refractivity contribution in [1.82, 2.24) is 4.98 Å². The van der Waals surface area contributed by atoms with E-state index in [0.29, 0.717) is 12.1 Å². The quantitative estimate of drug-likeness (QED) is 0.752. The van der Waals surface area contributed by atoms with E-state index in [9.17, 15) is 9.59 Å². The lowest BCUT2D eigenvalue weighted by atomic mass is 10.1. The van der Waals surface area contributed by atoms with Crippen LogP contribution in [0.3, 0.4) is 0 Å². The first-order valence-electron chi connectivity index (χ1n) is 5.32. The molecular formula is C12H14N2O4. The van der Waals surface area contributed by atoms with E-state index in [1.165, 1.54) is 12.3 Å². The Bertz CT molecular complexity index is 445. The molecule has 1 amide bonds. The maximum atomic E-state index is 11.2. The summed E-state index contributed by atoms with van der Waals surface area (Å²) >= 11 is 0. The van der Waals surface area contributed by atoms with Gasteiger partial charge in [0.1, 0.15) is 6.61 Å². The van der Waals surface area contributed by atoms with Crippen LogP contribution in [0.1, 0.15) is 12.0 Å². The summed E-state index contributed by atoms with van der Waals surface area (Å²) < 4.78 is 4.74. The lowest BCUT2D eigenvalue weighted by Crippen LogP contribution is -2.14. The van der Waals surface area contributed by atoms with Crippen molar-refractivity contribution in [2.24, 2.45) is 0 Å². The number of amides is 1. The molecule has 0 aliphatic rings. The van der Waals surface area contributed by atoms with Crippen molar-refractivity contribution >= 4 is 17.7 Å². The number of ether oxygens (including phenoxy) is 1. The summed E-state index contributed by atoms with van der Waals surface area (Å²) in [6, 6.07) is 1.66. The van der Waals surface area contributed by atoms with E-state index in [4.69, 9.17) is 9.84 Å². The molecule has 0 aliphatic heterocycles. The molecule has 0 spiro atoms. The molecule has 1 aromatic rings. The molecule has 2 N–H and O–H groups in total. The Kier molecular flexibility index (Phi) is 5.37. The predicted molar refractivity (Wildman–Crippen MR) is 65.4 cm³/mol. The number of carbonyl (C=O) groups excluding carboxylic acids is 1. The molecule has 0 fully saturated rings. The molecule has 18 heavy (non-hydrogen) atoms. The monoisotopic (exact) mass is 250 g/mol. The van der Waals surface area contributed by atoms with E-state index in [2.05, 4.69) is 16.9 Å². The molecule has 0 atom stereocenters. The van der Waals surface area contributed by atoms with E-state index in [1.54, 1.807) is 12.3 Å². The average molecular weight is 250 g/mol. The number of carbonyl (C=O) groups is 2. The van der Waals surface area contributed by atoms with Gasteiger partial charge in [0.05, 0.1) is 11.9 Å². The van der Waals surface area contributed by atoms with Crippen molar-refractivity contribution in [2.45, 2.75) is 12.8 Å². The summed E-state index contributed by atoms with van der Waals surface area (Å²) in [6.07, 6.45) is 4.25. The Morgan fingerprint density at radius 1 is 1.50 bits per heavy atom. The standard InChI is InChI=1S/C12H14N2O4/c1-2-5-18-12(17)14-10-6-9(7-13-8-10)3-4-11(15)16/h2,6-8H,1,3-5H2,(H,14,17)(H,15,16). The minimum atomic E-state index is -0.876. The van der Waals surface area contributed by atoms with Gasteiger partial charge in [0, 0.05) is 12.6 Å². The van der Waals surface area contributed by atoms with Gasteiger partial charge in [0.15, 0.2) is 0 Å². The fourth-order valence-corrected chi connectivity index (χ4v) is 1.23. The van der Waals surface area contributed by atoms with Crippen molar-refractivity contribution in [3.63, 3.8) is 0 Å². The second-order valence-electron chi connectivity index (χ2n) is 3.49. The Morgan fingerprint density at radius 2 is 2.28 bits per heavy atom. The molecule has 6 heteroatoms. The highest BCUT2D eigenvalue weighted by molar-refractivity contribution is 5.84. The molecule has 6 nitrogen and oxygen atoms in total. The molecule has 1 heterocycles. The van der Waals surface area contributed by atoms with Crippen LogP contribution in [-0.2, 0) is 16.0 Å². The number of carboxylic acid groups (broad SMARTS) is 1. The molecule has 0 bridgehead atoms. The van der Waals surface area contributed by atoms with Gasteiger partial charge in [-0.05, 0) is 18.1 Å². The minimum absolute atomic E-state index is 0.0199. The van der Waals surface area contributed by atoms with Crippen LogP contribution in [0.25, 0.3) is 0 Å². The fourth-order valence-electron chi connectivity index (χ4n) is 1.23. The zero-order chi connectivity index (χ0) is 13.4. The van der Waals surface area contributed by atoms with Crippen LogP contribution in [0.4, 0.5) is 10.5 Å². The first kappa shape index (κ1) is 13.7. The summed E-state index contributed by atoms with van der Waals surface area (Å²) in [6.45, 7) is 3.54. The largest absolute Gasteiger partial charge is 0.481 e. The zero-order valence-corrected chi connectivity index (χ0v) is 9.76. The van der Waals surface area contributed by atoms with Gasteiger partial charge >= 0.3 is 12.1 Å². The maximum absolute atomic E-state index is 11.2. The van der Waals surface area contributed by atoms with Crippen LogP contribution >= 0.6 is 0 Å². The van der Waals surface area contributed by atoms with Gasteiger partial charge in [0.25, 0.3) is 0 Å². The summed E-state index contributed by atoms with van der Waals surface area (Å²) in [7, 11) is 0. The maximum Gasteiger partial charge on any atom is 0.411 e. The number of hydrogen-bond acceptors (Lipinski definition) is 4. The molecule has 0 unspecified atom stereocenters. The molecule has 1 rings (SSSR count). The smallest absolute Gasteiger partial charge is 0.411 e. The van der Waals surface area contributed by atoms with E-state index >= 15 is 0 Å². The Morgan fingerprint density at radius 3 is 2.94 bits per heavy atom. The molecule has 96 valence electrons. The number of nitrogens with one attached hydrogen (secondary N) is 1. The van der Waals surface area contributed by atoms with Crippen LogP contribution in [0.2, 0.25) is 0 Å².